The zero-order valence-electron chi connectivity index (χ0n) is 15.0. The summed E-state index contributed by atoms with van der Waals surface area (Å²) in [6.07, 6.45) is 3.82. The van der Waals surface area contributed by atoms with Crippen LogP contribution in [0.1, 0.15) is 42.5 Å². The van der Waals surface area contributed by atoms with Crippen LogP contribution in [0.4, 0.5) is 0 Å². The number of nitrogens with one attached hydrogen (secondary N) is 1. The Morgan fingerprint density at radius 3 is 2.56 bits per heavy atom. The highest BCUT2D eigenvalue weighted by Crippen LogP contribution is 2.21. The molecule has 1 aliphatic rings. The molecule has 27 heavy (non-hydrogen) atoms. The molecule has 1 heterocycles. The molecule has 1 fully saturated rings. The van der Waals surface area contributed by atoms with E-state index in [1.54, 1.807) is 0 Å². The second-order valence-corrected chi connectivity index (χ2v) is 8.12. The molecular weight excluding hydrogens is 370 g/mol. The second kappa shape index (κ2) is 10.0. The van der Waals surface area contributed by atoms with E-state index in [9.17, 15) is 18.0 Å². The Hall–Kier alpha value is -2.44. The number of sulfonamides is 1. The number of amides is 1. The minimum atomic E-state index is -3.67. The van der Waals surface area contributed by atoms with Crippen molar-refractivity contribution in [3.05, 3.63) is 29.8 Å². The first-order chi connectivity index (χ1) is 12.9. The summed E-state index contributed by atoms with van der Waals surface area (Å²) in [6, 6.07) is 7.53. The highest BCUT2D eigenvalue weighted by atomic mass is 32.2. The van der Waals surface area contributed by atoms with Gasteiger partial charge in [0.25, 0.3) is 5.91 Å². The summed E-state index contributed by atoms with van der Waals surface area (Å²) in [7, 11) is -3.67. The predicted molar refractivity (Wildman–Crippen MR) is 97.2 cm³/mol. The summed E-state index contributed by atoms with van der Waals surface area (Å²) in [5, 5.41) is 10.8. The van der Waals surface area contributed by atoms with Gasteiger partial charge < -0.3 is 10.1 Å². The van der Waals surface area contributed by atoms with Crippen molar-refractivity contribution in [2.75, 3.05) is 26.2 Å². The monoisotopic (exact) mass is 393 g/mol. The van der Waals surface area contributed by atoms with E-state index in [2.05, 4.69) is 5.32 Å². The van der Waals surface area contributed by atoms with Crippen LogP contribution in [0.25, 0.3) is 0 Å². The fourth-order valence-electron chi connectivity index (χ4n) is 2.74. The van der Waals surface area contributed by atoms with Crippen LogP contribution >= 0.6 is 0 Å². The van der Waals surface area contributed by atoms with Gasteiger partial charge in [0.05, 0.1) is 22.9 Å². The second-order valence-electron chi connectivity index (χ2n) is 6.18. The number of nitrogens with zero attached hydrogens (tertiary/aromatic N) is 2. The van der Waals surface area contributed by atoms with E-state index >= 15 is 0 Å². The molecule has 1 saturated heterocycles. The Morgan fingerprint density at radius 1 is 1.19 bits per heavy atom. The maximum Gasteiger partial charge on any atom is 0.338 e. The Kier molecular flexibility index (Phi) is 7.76. The standard InChI is InChI=1S/C18H23N3O5S/c19-9-6-10-20-17(22)14-26-18(23)15-7-5-8-16(13-15)27(24,25)21-11-3-1-2-4-12-21/h5,7-8,13H,1-4,6,10-12,14H2,(H,20,22). The molecule has 0 bridgehead atoms. The quantitative estimate of drug-likeness (QED) is 0.553. The van der Waals surface area contributed by atoms with Crippen molar-refractivity contribution in [3.63, 3.8) is 0 Å². The zero-order valence-corrected chi connectivity index (χ0v) is 15.8. The smallest absolute Gasteiger partial charge is 0.338 e. The largest absolute Gasteiger partial charge is 0.452 e. The minimum Gasteiger partial charge on any atom is -0.452 e. The lowest BCUT2D eigenvalue weighted by Gasteiger charge is -2.20. The average molecular weight is 393 g/mol. The van der Waals surface area contributed by atoms with Gasteiger partial charge in [-0.3, -0.25) is 4.79 Å². The zero-order chi connectivity index (χ0) is 19.7. The highest BCUT2D eigenvalue weighted by Gasteiger charge is 2.26. The van der Waals surface area contributed by atoms with Crippen LogP contribution in [0.15, 0.2) is 29.2 Å². The third-order valence-electron chi connectivity index (χ3n) is 4.17. The van der Waals surface area contributed by atoms with Crippen molar-refractivity contribution < 1.29 is 22.7 Å². The van der Waals surface area contributed by atoms with E-state index in [0.717, 1.165) is 25.7 Å². The van der Waals surface area contributed by atoms with Gasteiger partial charge in [0.15, 0.2) is 6.61 Å². The maximum atomic E-state index is 12.8. The molecule has 9 heteroatoms. The van der Waals surface area contributed by atoms with E-state index in [-0.39, 0.29) is 23.4 Å². The topological polar surface area (TPSA) is 117 Å². The van der Waals surface area contributed by atoms with Gasteiger partial charge in [-0.2, -0.15) is 9.57 Å². The van der Waals surface area contributed by atoms with Gasteiger partial charge in [-0.1, -0.05) is 18.9 Å². The number of hydrogen-bond acceptors (Lipinski definition) is 6. The molecule has 0 radical (unpaired) electrons. The average Bonchev–Trinajstić information content (AvgIpc) is 2.96. The summed E-state index contributed by atoms with van der Waals surface area (Å²) < 4.78 is 32.0. The van der Waals surface area contributed by atoms with E-state index in [4.69, 9.17) is 10.00 Å². The summed E-state index contributed by atoms with van der Waals surface area (Å²) in [4.78, 5) is 23.7. The first kappa shape index (κ1) is 20.9. The van der Waals surface area contributed by atoms with Gasteiger partial charge in [-0.25, -0.2) is 13.2 Å². The molecule has 0 unspecified atom stereocenters. The van der Waals surface area contributed by atoms with E-state index < -0.39 is 28.5 Å². The number of benzene rings is 1. The van der Waals surface area contributed by atoms with Gasteiger partial charge in [0.2, 0.25) is 10.0 Å². The Morgan fingerprint density at radius 2 is 1.89 bits per heavy atom. The normalized spacial score (nSPS) is 15.4. The summed E-state index contributed by atoms with van der Waals surface area (Å²) in [5.41, 5.74) is 0.0655. The molecule has 1 aromatic carbocycles. The molecule has 1 N–H and O–H groups in total. The molecule has 8 nitrogen and oxygen atoms in total. The van der Waals surface area contributed by atoms with Crippen LogP contribution in [0, 0.1) is 11.3 Å². The van der Waals surface area contributed by atoms with Crippen LogP contribution in [0.5, 0.6) is 0 Å². The fraction of sp³-hybridized carbons (Fsp3) is 0.500. The van der Waals surface area contributed by atoms with E-state index in [1.807, 2.05) is 6.07 Å². The summed E-state index contributed by atoms with van der Waals surface area (Å²) in [5.74, 6) is -1.30. The molecule has 0 spiro atoms. The number of ether oxygens (including phenoxy) is 1. The van der Waals surface area contributed by atoms with Crippen molar-refractivity contribution in [1.82, 2.24) is 9.62 Å². The molecule has 1 amide bonds. The van der Waals surface area contributed by atoms with Crippen molar-refractivity contribution in [2.24, 2.45) is 0 Å². The molecule has 1 aliphatic heterocycles. The number of rotatable bonds is 7. The number of carbonyl (C=O) groups is 2. The lowest BCUT2D eigenvalue weighted by Crippen LogP contribution is -2.32. The van der Waals surface area contributed by atoms with E-state index in [1.165, 1.54) is 28.6 Å². The fourth-order valence-corrected chi connectivity index (χ4v) is 4.30. The van der Waals surface area contributed by atoms with Crippen molar-refractivity contribution in [3.8, 4) is 6.07 Å². The van der Waals surface area contributed by atoms with E-state index in [0.29, 0.717) is 13.1 Å². The van der Waals surface area contributed by atoms with Crippen LogP contribution < -0.4 is 5.32 Å². The maximum absolute atomic E-state index is 12.8. The van der Waals surface area contributed by atoms with Gasteiger partial charge >= 0.3 is 5.97 Å². The number of nitriles is 1. The van der Waals surface area contributed by atoms with Crippen molar-refractivity contribution >= 4 is 21.9 Å². The molecule has 1 aromatic rings. The summed E-state index contributed by atoms with van der Waals surface area (Å²) in [6.45, 7) is 0.629. The molecule has 2 rings (SSSR count). The molecular formula is C18H23N3O5S. The van der Waals surface area contributed by atoms with Gasteiger partial charge in [0, 0.05) is 19.6 Å². The summed E-state index contributed by atoms with van der Waals surface area (Å²) >= 11 is 0. The third kappa shape index (κ3) is 6.05. The molecule has 0 saturated carbocycles. The molecule has 0 atom stereocenters. The number of carbonyl (C=O) groups excluding carboxylic acids is 2. The van der Waals surface area contributed by atoms with Crippen LogP contribution in [0.3, 0.4) is 0 Å². The highest BCUT2D eigenvalue weighted by molar-refractivity contribution is 7.89. The van der Waals surface area contributed by atoms with Crippen molar-refractivity contribution in [2.45, 2.75) is 37.0 Å². The lowest BCUT2D eigenvalue weighted by molar-refractivity contribution is -0.124. The van der Waals surface area contributed by atoms with Crippen LogP contribution in [-0.2, 0) is 19.6 Å². The third-order valence-corrected chi connectivity index (χ3v) is 6.06. The predicted octanol–water partition coefficient (Wildman–Crippen LogP) is 1.44. The minimum absolute atomic E-state index is 0.0392. The Bertz CT molecular complexity index is 809. The van der Waals surface area contributed by atoms with Crippen LogP contribution in [-0.4, -0.2) is 50.8 Å². The first-order valence-corrected chi connectivity index (χ1v) is 10.3. The van der Waals surface area contributed by atoms with Gasteiger partial charge in [-0.05, 0) is 31.0 Å². The molecule has 0 aliphatic carbocycles. The molecule has 146 valence electrons. The first-order valence-electron chi connectivity index (χ1n) is 8.86. The SMILES string of the molecule is N#CCCNC(=O)COC(=O)c1cccc(S(=O)(=O)N2CCCCCC2)c1. The Labute approximate surface area is 159 Å². The number of hydrogen-bond donors (Lipinski definition) is 1. The Balaban J connectivity index is 2.02. The number of esters is 1. The lowest BCUT2D eigenvalue weighted by atomic mass is 10.2. The molecule has 0 aromatic heterocycles. The van der Waals surface area contributed by atoms with Crippen molar-refractivity contribution in [1.29, 1.82) is 5.26 Å². The van der Waals surface area contributed by atoms with Gasteiger partial charge in [-0.15, -0.1) is 0 Å². The van der Waals surface area contributed by atoms with Gasteiger partial charge in [0.1, 0.15) is 0 Å². The van der Waals surface area contributed by atoms with Crippen LogP contribution in [0.2, 0.25) is 0 Å².